The van der Waals surface area contributed by atoms with E-state index in [-0.39, 0.29) is 10.8 Å². The van der Waals surface area contributed by atoms with Gasteiger partial charge in [0.2, 0.25) is 0 Å². The van der Waals surface area contributed by atoms with Crippen molar-refractivity contribution in [2.45, 2.75) is 31.2 Å². The molecule has 0 aliphatic rings. The average molecular weight is 379 g/mol. The van der Waals surface area contributed by atoms with Gasteiger partial charge < -0.3 is 9.72 Å². The molecule has 0 amide bonds. The number of ether oxygens (including phenoxy) is 1. The van der Waals surface area contributed by atoms with Crippen LogP contribution in [0.4, 0.5) is 0 Å². The van der Waals surface area contributed by atoms with Crippen LogP contribution in [0.3, 0.4) is 0 Å². The lowest BCUT2D eigenvalue weighted by Gasteiger charge is -2.16. The number of hydrogen-bond donors (Lipinski definition) is 1. The average Bonchev–Trinajstić information content (AvgIpc) is 3.01. The van der Waals surface area contributed by atoms with Gasteiger partial charge in [-0.1, -0.05) is 49.9 Å². The second kappa shape index (κ2) is 6.78. The lowest BCUT2D eigenvalue weighted by Crippen LogP contribution is -2.23. The van der Waals surface area contributed by atoms with E-state index in [2.05, 4.69) is 18.8 Å². The number of nitrogens with zero attached hydrogens (tertiary/aromatic N) is 2. The predicted molar refractivity (Wildman–Crippen MR) is 111 cm³/mol. The molecule has 2 aromatic heterocycles. The number of rotatable bonds is 4. The van der Waals surface area contributed by atoms with E-state index in [9.17, 15) is 4.79 Å². The number of aromatic amines is 1. The van der Waals surface area contributed by atoms with Crippen molar-refractivity contribution in [3.63, 3.8) is 0 Å². The van der Waals surface area contributed by atoms with Crippen LogP contribution in [0, 0.1) is 6.92 Å². The van der Waals surface area contributed by atoms with Crippen molar-refractivity contribution in [2.75, 3.05) is 7.11 Å². The molecule has 0 saturated heterocycles. The molecule has 0 aliphatic carbocycles. The van der Waals surface area contributed by atoms with Gasteiger partial charge in [0, 0.05) is 16.2 Å². The zero-order chi connectivity index (χ0) is 19.1. The van der Waals surface area contributed by atoms with E-state index < -0.39 is 0 Å². The Morgan fingerprint density at radius 2 is 1.96 bits per heavy atom. The number of thioether (sulfide) groups is 1. The van der Waals surface area contributed by atoms with E-state index in [0.29, 0.717) is 27.6 Å². The van der Waals surface area contributed by atoms with Crippen LogP contribution >= 0.6 is 11.8 Å². The summed E-state index contributed by atoms with van der Waals surface area (Å²) in [6.07, 6.45) is 0. The SMILES string of the molecule is COc1ccc(C)cc1-n1c(SC(C)C)nc2c([nH]c3ccccc32)c1=O. The molecule has 0 fully saturated rings. The van der Waals surface area contributed by atoms with Crippen LogP contribution in [0.5, 0.6) is 5.75 Å². The van der Waals surface area contributed by atoms with E-state index in [1.165, 1.54) is 0 Å². The third-order valence-electron chi connectivity index (χ3n) is 4.41. The van der Waals surface area contributed by atoms with Crippen molar-refractivity contribution < 1.29 is 4.74 Å². The monoisotopic (exact) mass is 379 g/mol. The number of methoxy groups -OCH3 is 1. The van der Waals surface area contributed by atoms with Crippen molar-refractivity contribution >= 4 is 33.7 Å². The van der Waals surface area contributed by atoms with E-state index in [1.54, 1.807) is 23.4 Å². The maximum atomic E-state index is 13.5. The summed E-state index contributed by atoms with van der Waals surface area (Å²) in [4.78, 5) is 21.6. The molecule has 0 radical (unpaired) electrons. The lowest BCUT2D eigenvalue weighted by molar-refractivity contribution is 0.411. The molecule has 4 aromatic rings. The second-order valence-electron chi connectivity index (χ2n) is 6.77. The van der Waals surface area contributed by atoms with Gasteiger partial charge in [0.1, 0.15) is 16.8 Å². The van der Waals surface area contributed by atoms with Crippen LogP contribution in [0.1, 0.15) is 19.4 Å². The summed E-state index contributed by atoms with van der Waals surface area (Å²) in [6.45, 7) is 6.18. The number of aromatic nitrogens is 3. The molecule has 0 bridgehead atoms. The van der Waals surface area contributed by atoms with Gasteiger partial charge in [0.25, 0.3) is 5.56 Å². The first kappa shape index (κ1) is 17.7. The van der Waals surface area contributed by atoms with Crippen LogP contribution in [0.15, 0.2) is 52.4 Å². The molecule has 2 aromatic carbocycles. The topological polar surface area (TPSA) is 59.9 Å². The Morgan fingerprint density at radius 3 is 2.70 bits per heavy atom. The van der Waals surface area contributed by atoms with Crippen LogP contribution in [-0.4, -0.2) is 26.9 Å². The van der Waals surface area contributed by atoms with Gasteiger partial charge in [-0.25, -0.2) is 9.55 Å². The van der Waals surface area contributed by atoms with Crippen LogP contribution in [0.2, 0.25) is 0 Å². The summed E-state index contributed by atoms with van der Waals surface area (Å²) >= 11 is 1.57. The summed E-state index contributed by atoms with van der Waals surface area (Å²) < 4.78 is 7.19. The van der Waals surface area contributed by atoms with E-state index >= 15 is 0 Å². The van der Waals surface area contributed by atoms with Gasteiger partial charge >= 0.3 is 0 Å². The molecular formula is C21H21N3O2S. The van der Waals surface area contributed by atoms with Gasteiger partial charge in [-0.2, -0.15) is 0 Å². The second-order valence-corrected chi connectivity index (χ2v) is 8.31. The first-order valence-electron chi connectivity index (χ1n) is 8.84. The third-order valence-corrected chi connectivity index (χ3v) is 5.37. The fourth-order valence-corrected chi connectivity index (χ4v) is 4.07. The number of aryl methyl sites for hydroxylation is 1. The van der Waals surface area contributed by atoms with Crippen molar-refractivity contribution in [1.82, 2.24) is 14.5 Å². The van der Waals surface area contributed by atoms with Gasteiger partial charge in [-0.05, 0) is 30.7 Å². The van der Waals surface area contributed by atoms with Crippen LogP contribution in [-0.2, 0) is 0 Å². The van der Waals surface area contributed by atoms with Crippen molar-refractivity contribution in [3.8, 4) is 11.4 Å². The summed E-state index contributed by atoms with van der Waals surface area (Å²) in [5.41, 5.74) is 3.76. The number of nitrogens with one attached hydrogen (secondary N) is 1. The minimum absolute atomic E-state index is 0.122. The Hall–Kier alpha value is -2.73. The highest BCUT2D eigenvalue weighted by Gasteiger charge is 2.20. The van der Waals surface area contributed by atoms with Gasteiger partial charge in [-0.15, -0.1) is 0 Å². The quantitative estimate of drug-likeness (QED) is 0.413. The predicted octanol–water partition coefficient (Wildman–Crippen LogP) is 4.68. The molecule has 0 unspecified atom stereocenters. The summed E-state index contributed by atoms with van der Waals surface area (Å²) in [5, 5.41) is 1.90. The van der Waals surface area contributed by atoms with Crippen molar-refractivity contribution in [1.29, 1.82) is 0 Å². The fraction of sp³-hybridized carbons (Fsp3) is 0.238. The van der Waals surface area contributed by atoms with E-state index in [0.717, 1.165) is 16.5 Å². The van der Waals surface area contributed by atoms with Crippen LogP contribution < -0.4 is 10.3 Å². The van der Waals surface area contributed by atoms with Gasteiger partial charge in [-0.3, -0.25) is 4.79 Å². The highest BCUT2D eigenvalue weighted by atomic mass is 32.2. The Morgan fingerprint density at radius 1 is 1.19 bits per heavy atom. The van der Waals surface area contributed by atoms with E-state index in [1.807, 2.05) is 49.4 Å². The maximum absolute atomic E-state index is 13.5. The molecular weight excluding hydrogens is 358 g/mol. The lowest BCUT2D eigenvalue weighted by atomic mass is 10.2. The highest BCUT2D eigenvalue weighted by Crippen LogP contribution is 2.31. The zero-order valence-electron chi connectivity index (χ0n) is 15.7. The highest BCUT2D eigenvalue weighted by molar-refractivity contribution is 7.99. The Labute approximate surface area is 161 Å². The summed E-state index contributed by atoms with van der Waals surface area (Å²) in [5.74, 6) is 0.644. The summed E-state index contributed by atoms with van der Waals surface area (Å²) in [6, 6.07) is 13.7. The normalized spacial score (nSPS) is 11.6. The molecule has 0 spiro atoms. The largest absolute Gasteiger partial charge is 0.495 e. The first-order chi connectivity index (χ1) is 13.0. The minimum atomic E-state index is -0.122. The Bertz CT molecular complexity index is 1210. The molecule has 27 heavy (non-hydrogen) atoms. The number of H-pyrrole nitrogens is 1. The molecule has 6 heteroatoms. The molecule has 0 atom stereocenters. The Balaban J connectivity index is 2.13. The molecule has 0 saturated carbocycles. The molecule has 4 rings (SSSR count). The first-order valence-corrected chi connectivity index (χ1v) is 9.72. The summed E-state index contributed by atoms with van der Waals surface area (Å²) in [7, 11) is 1.61. The number of para-hydroxylation sites is 1. The fourth-order valence-electron chi connectivity index (χ4n) is 3.22. The van der Waals surface area contributed by atoms with Crippen molar-refractivity contribution in [3.05, 3.63) is 58.4 Å². The molecule has 1 N–H and O–H groups in total. The van der Waals surface area contributed by atoms with Gasteiger partial charge in [0.05, 0.1) is 12.8 Å². The maximum Gasteiger partial charge on any atom is 0.283 e. The van der Waals surface area contributed by atoms with Crippen LogP contribution in [0.25, 0.3) is 27.6 Å². The third kappa shape index (κ3) is 3.00. The number of hydrogen-bond acceptors (Lipinski definition) is 4. The molecule has 5 nitrogen and oxygen atoms in total. The van der Waals surface area contributed by atoms with Gasteiger partial charge in [0.15, 0.2) is 5.16 Å². The smallest absolute Gasteiger partial charge is 0.283 e. The standard InChI is InChI=1S/C21H21N3O2S/c1-12(2)27-21-23-18-14-7-5-6-8-15(14)22-19(18)20(25)24(21)16-11-13(3)9-10-17(16)26-4/h5-12,22H,1-4H3. The number of benzene rings is 2. The van der Waals surface area contributed by atoms with E-state index in [4.69, 9.17) is 9.72 Å². The number of fused-ring (bicyclic) bond motifs is 3. The molecule has 0 aliphatic heterocycles. The Kier molecular flexibility index (Phi) is 4.44. The molecule has 138 valence electrons. The minimum Gasteiger partial charge on any atom is -0.495 e. The molecule has 2 heterocycles. The zero-order valence-corrected chi connectivity index (χ0v) is 16.6. The van der Waals surface area contributed by atoms with Crippen molar-refractivity contribution in [2.24, 2.45) is 0 Å².